The second kappa shape index (κ2) is 9.25. The SMILES string of the molecule is CC1OC2CC(n3cnc4c(N)ncnc43)OC2CN1C1CC(CCc2nc3ccc(C(C)(C)C)cc3[nH]2)C1. The first-order valence-corrected chi connectivity index (χ1v) is 14.2. The number of aromatic amines is 1. The van der Waals surface area contributed by atoms with E-state index in [1.807, 2.05) is 4.57 Å². The number of H-pyrrole nitrogens is 1. The second-order valence-corrected chi connectivity index (χ2v) is 12.6. The Bertz CT molecular complexity index is 1500. The van der Waals surface area contributed by atoms with Crippen LogP contribution in [0.1, 0.15) is 71.0 Å². The average Bonchev–Trinajstić information content (AvgIpc) is 3.58. The van der Waals surface area contributed by atoms with Gasteiger partial charge >= 0.3 is 0 Å². The maximum absolute atomic E-state index is 6.49. The third kappa shape index (κ3) is 4.48. The van der Waals surface area contributed by atoms with E-state index in [1.54, 1.807) is 6.33 Å². The molecule has 0 bridgehead atoms. The zero-order valence-corrected chi connectivity index (χ0v) is 23.2. The monoisotopic (exact) mass is 530 g/mol. The number of benzene rings is 1. The first-order valence-electron chi connectivity index (χ1n) is 14.2. The van der Waals surface area contributed by atoms with E-state index in [-0.39, 0.29) is 30.1 Å². The summed E-state index contributed by atoms with van der Waals surface area (Å²) in [6.07, 6.45) is 8.59. The molecular formula is C29H38N8O2. The van der Waals surface area contributed by atoms with Gasteiger partial charge in [-0.2, -0.15) is 0 Å². The predicted molar refractivity (Wildman–Crippen MR) is 149 cm³/mol. The van der Waals surface area contributed by atoms with Crippen molar-refractivity contribution in [3.05, 3.63) is 42.2 Å². The lowest BCUT2D eigenvalue weighted by atomic mass is 9.76. The summed E-state index contributed by atoms with van der Waals surface area (Å²) in [5, 5.41) is 0. The third-order valence-electron chi connectivity index (χ3n) is 8.97. The van der Waals surface area contributed by atoms with E-state index in [0.29, 0.717) is 23.0 Å². The molecule has 4 atom stereocenters. The molecule has 1 aliphatic carbocycles. The Kier molecular flexibility index (Phi) is 5.91. The number of nitrogen functional groups attached to an aromatic ring is 1. The quantitative estimate of drug-likeness (QED) is 0.391. The molecule has 10 heteroatoms. The number of nitrogens with zero attached hydrogens (tertiary/aromatic N) is 6. The lowest BCUT2D eigenvalue weighted by Gasteiger charge is -2.49. The first-order chi connectivity index (χ1) is 18.7. The van der Waals surface area contributed by atoms with Crippen molar-refractivity contribution >= 4 is 28.0 Å². The summed E-state index contributed by atoms with van der Waals surface area (Å²) in [5.41, 5.74) is 11.0. The Morgan fingerprint density at radius 3 is 2.74 bits per heavy atom. The van der Waals surface area contributed by atoms with E-state index in [2.05, 4.69) is 70.7 Å². The molecule has 4 aromatic rings. The van der Waals surface area contributed by atoms with Crippen LogP contribution in [0.15, 0.2) is 30.9 Å². The summed E-state index contributed by atoms with van der Waals surface area (Å²) in [7, 11) is 0. The molecule has 5 heterocycles. The van der Waals surface area contributed by atoms with Crippen LogP contribution in [0.5, 0.6) is 0 Å². The van der Waals surface area contributed by atoms with Gasteiger partial charge in [-0.15, -0.1) is 0 Å². The van der Waals surface area contributed by atoms with Crippen LogP contribution in [0.25, 0.3) is 22.2 Å². The number of aryl methyl sites for hydroxylation is 1. The van der Waals surface area contributed by atoms with Gasteiger partial charge in [-0.25, -0.2) is 19.9 Å². The minimum atomic E-state index is -0.163. The number of hydrogen-bond donors (Lipinski definition) is 2. The Balaban J connectivity index is 0.942. The van der Waals surface area contributed by atoms with Crippen LogP contribution in [0.3, 0.4) is 0 Å². The van der Waals surface area contributed by atoms with Crippen LogP contribution in [0, 0.1) is 5.92 Å². The van der Waals surface area contributed by atoms with Crippen molar-refractivity contribution in [3.8, 4) is 0 Å². The third-order valence-corrected chi connectivity index (χ3v) is 8.97. The number of nitrogens with two attached hydrogens (primary N) is 1. The Hall–Kier alpha value is -3.08. The largest absolute Gasteiger partial charge is 0.382 e. The molecule has 0 amide bonds. The van der Waals surface area contributed by atoms with Crippen LogP contribution in [0.4, 0.5) is 5.82 Å². The highest BCUT2D eigenvalue weighted by molar-refractivity contribution is 5.81. The lowest BCUT2D eigenvalue weighted by molar-refractivity contribution is -0.191. The molecule has 3 fully saturated rings. The van der Waals surface area contributed by atoms with Gasteiger partial charge in [-0.3, -0.25) is 9.47 Å². The summed E-state index contributed by atoms with van der Waals surface area (Å²) in [4.78, 5) is 23.8. The number of fused-ring (bicyclic) bond motifs is 3. The van der Waals surface area contributed by atoms with E-state index in [0.717, 1.165) is 48.6 Å². The van der Waals surface area contributed by atoms with Gasteiger partial charge in [0.15, 0.2) is 11.5 Å². The molecule has 206 valence electrons. The van der Waals surface area contributed by atoms with Crippen LogP contribution in [-0.4, -0.2) is 65.4 Å². The molecule has 2 aliphatic heterocycles. The fraction of sp³-hybridized carbons (Fsp3) is 0.586. The number of ether oxygens (including phenoxy) is 2. The molecular weight excluding hydrogens is 492 g/mol. The van der Waals surface area contributed by atoms with Crippen LogP contribution in [0.2, 0.25) is 0 Å². The molecule has 3 aliphatic rings. The molecule has 1 aromatic carbocycles. The van der Waals surface area contributed by atoms with Gasteiger partial charge in [0.25, 0.3) is 0 Å². The zero-order valence-electron chi connectivity index (χ0n) is 23.2. The van der Waals surface area contributed by atoms with Crippen molar-refractivity contribution in [3.63, 3.8) is 0 Å². The van der Waals surface area contributed by atoms with Crippen LogP contribution >= 0.6 is 0 Å². The van der Waals surface area contributed by atoms with E-state index in [1.165, 1.54) is 24.7 Å². The predicted octanol–water partition coefficient (Wildman–Crippen LogP) is 4.33. The molecule has 0 radical (unpaired) electrons. The van der Waals surface area contributed by atoms with Crippen molar-refractivity contribution in [2.45, 2.75) is 95.9 Å². The molecule has 7 rings (SSSR count). The molecule has 0 spiro atoms. The summed E-state index contributed by atoms with van der Waals surface area (Å²) < 4.78 is 14.9. The number of anilines is 1. The molecule has 2 saturated heterocycles. The zero-order chi connectivity index (χ0) is 26.9. The topological polar surface area (TPSA) is 120 Å². The van der Waals surface area contributed by atoms with Crippen molar-refractivity contribution in [2.24, 2.45) is 5.92 Å². The molecule has 3 aromatic heterocycles. The second-order valence-electron chi connectivity index (χ2n) is 12.6. The van der Waals surface area contributed by atoms with Crippen molar-refractivity contribution in [2.75, 3.05) is 12.3 Å². The Labute approximate surface area is 228 Å². The normalized spacial score (nSPS) is 29.6. The van der Waals surface area contributed by atoms with Gasteiger partial charge in [0.1, 0.15) is 30.1 Å². The highest BCUT2D eigenvalue weighted by Gasteiger charge is 2.47. The average molecular weight is 531 g/mol. The number of rotatable bonds is 5. The molecule has 3 N–H and O–H groups in total. The van der Waals surface area contributed by atoms with Gasteiger partial charge in [-0.1, -0.05) is 26.8 Å². The number of imidazole rings is 2. The van der Waals surface area contributed by atoms with Gasteiger partial charge in [0.2, 0.25) is 0 Å². The maximum Gasteiger partial charge on any atom is 0.167 e. The van der Waals surface area contributed by atoms with E-state index in [9.17, 15) is 0 Å². The van der Waals surface area contributed by atoms with E-state index in [4.69, 9.17) is 20.2 Å². The summed E-state index contributed by atoms with van der Waals surface area (Å²) in [5.74, 6) is 2.21. The fourth-order valence-electron chi connectivity index (χ4n) is 6.59. The number of nitrogens with one attached hydrogen (secondary N) is 1. The molecule has 1 saturated carbocycles. The van der Waals surface area contributed by atoms with Gasteiger partial charge in [-0.05, 0) is 55.2 Å². The molecule has 4 unspecified atom stereocenters. The minimum Gasteiger partial charge on any atom is -0.382 e. The number of aromatic nitrogens is 6. The highest BCUT2D eigenvalue weighted by Crippen LogP contribution is 2.42. The van der Waals surface area contributed by atoms with Gasteiger partial charge < -0.3 is 20.2 Å². The van der Waals surface area contributed by atoms with E-state index < -0.39 is 0 Å². The van der Waals surface area contributed by atoms with Crippen molar-refractivity contribution < 1.29 is 9.47 Å². The van der Waals surface area contributed by atoms with Crippen molar-refractivity contribution in [1.29, 1.82) is 0 Å². The van der Waals surface area contributed by atoms with Crippen molar-refractivity contribution in [1.82, 2.24) is 34.4 Å². The standard InChI is InChI=1S/C29H38N8O2/c1-16-36(13-23-22(38-16)12-25(39-23)37-15-33-26-27(30)31-14-32-28(26)37)19-9-17(10-19)5-8-24-34-20-7-6-18(29(2,3)4)11-21(20)35-24/h6-7,11,14-17,19,22-23,25H,5,8-10,12-13H2,1-4H3,(H,34,35)(H2,30,31,32). The first kappa shape index (κ1) is 24.9. The molecule has 10 nitrogen and oxygen atoms in total. The van der Waals surface area contributed by atoms with Crippen LogP contribution < -0.4 is 5.73 Å². The maximum atomic E-state index is 6.49. The Morgan fingerprint density at radius 1 is 1.08 bits per heavy atom. The summed E-state index contributed by atoms with van der Waals surface area (Å²) in [6, 6.07) is 7.15. The fourth-order valence-corrected chi connectivity index (χ4v) is 6.59. The van der Waals surface area contributed by atoms with Gasteiger partial charge in [0, 0.05) is 25.4 Å². The molecule has 39 heavy (non-hydrogen) atoms. The number of hydrogen-bond acceptors (Lipinski definition) is 8. The highest BCUT2D eigenvalue weighted by atomic mass is 16.6. The summed E-state index contributed by atoms with van der Waals surface area (Å²) in [6.45, 7) is 9.81. The smallest absolute Gasteiger partial charge is 0.167 e. The van der Waals surface area contributed by atoms with Crippen LogP contribution in [-0.2, 0) is 21.3 Å². The minimum absolute atomic E-state index is 0.0374. The summed E-state index contributed by atoms with van der Waals surface area (Å²) >= 11 is 0. The Morgan fingerprint density at radius 2 is 1.92 bits per heavy atom. The lowest BCUT2D eigenvalue weighted by Crippen LogP contribution is -2.58. The van der Waals surface area contributed by atoms with Gasteiger partial charge in [0.05, 0.1) is 29.6 Å². The van der Waals surface area contributed by atoms with E-state index >= 15 is 0 Å².